The molecule has 0 fully saturated rings. The summed E-state index contributed by atoms with van der Waals surface area (Å²) in [6.45, 7) is 6.21. The first-order chi connectivity index (χ1) is 9.50. The summed E-state index contributed by atoms with van der Waals surface area (Å²) in [6, 6.07) is 6.26. The quantitative estimate of drug-likeness (QED) is 0.740. The second-order valence-corrected chi connectivity index (χ2v) is 5.79. The summed E-state index contributed by atoms with van der Waals surface area (Å²) in [5.74, 6) is 0.531. The molecular formula is C15H15BrN4. The monoisotopic (exact) mass is 330 g/mol. The average molecular weight is 331 g/mol. The Morgan fingerprint density at radius 2 is 1.90 bits per heavy atom. The van der Waals surface area contributed by atoms with Gasteiger partial charge in [0.15, 0.2) is 5.65 Å². The molecule has 0 spiro atoms. The Hall–Kier alpha value is -1.88. The molecule has 0 bridgehead atoms. The van der Waals surface area contributed by atoms with Crippen LogP contribution in [0.4, 0.5) is 5.82 Å². The first-order valence-electron chi connectivity index (χ1n) is 6.35. The number of aromatic nitrogens is 3. The maximum absolute atomic E-state index is 6.00. The number of nitrogens with zero attached hydrogens (tertiary/aromatic N) is 3. The van der Waals surface area contributed by atoms with E-state index in [-0.39, 0.29) is 0 Å². The van der Waals surface area contributed by atoms with E-state index in [4.69, 9.17) is 5.73 Å². The zero-order chi connectivity index (χ0) is 14.4. The maximum atomic E-state index is 6.00. The lowest BCUT2D eigenvalue weighted by Crippen LogP contribution is -1.99. The lowest BCUT2D eigenvalue weighted by molar-refractivity contribution is 1.01. The van der Waals surface area contributed by atoms with Gasteiger partial charge in [0, 0.05) is 15.9 Å². The normalized spacial score (nSPS) is 11.2. The smallest absolute Gasteiger partial charge is 0.150 e. The van der Waals surface area contributed by atoms with Gasteiger partial charge >= 0.3 is 0 Å². The molecule has 0 aliphatic carbocycles. The topological polar surface area (TPSA) is 56.7 Å². The van der Waals surface area contributed by atoms with Gasteiger partial charge in [-0.25, -0.2) is 9.97 Å². The van der Waals surface area contributed by atoms with Gasteiger partial charge in [-0.1, -0.05) is 15.9 Å². The second kappa shape index (κ2) is 4.59. The largest absolute Gasteiger partial charge is 0.383 e. The summed E-state index contributed by atoms with van der Waals surface area (Å²) >= 11 is 3.53. The van der Waals surface area contributed by atoms with Crippen molar-refractivity contribution >= 4 is 32.8 Å². The Morgan fingerprint density at radius 1 is 1.15 bits per heavy atom. The Balaban J connectivity index is 2.39. The number of aryl methyl sites for hydroxylation is 2. The fraction of sp³-hybridized carbons (Fsp3) is 0.200. The van der Waals surface area contributed by atoms with Crippen molar-refractivity contribution in [2.75, 3.05) is 5.73 Å². The van der Waals surface area contributed by atoms with Crippen molar-refractivity contribution in [3.63, 3.8) is 0 Å². The van der Waals surface area contributed by atoms with Crippen LogP contribution in [0.15, 0.2) is 29.0 Å². The maximum Gasteiger partial charge on any atom is 0.150 e. The van der Waals surface area contributed by atoms with E-state index in [0.717, 1.165) is 32.5 Å². The van der Waals surface area contributed by atoms with Gasteiger partial charge in [-0.05, 0) is 50.1 Å². The molecule has 0 amide bonds. The molecule has 0 atom stereocenters. The van der Waals surface area contributed by atoms with E-state index in [1.54, 1.807) is 0 Å². The molecule has 0 aliphatic heterocycles. The van der Waals surface area contributed by atoms with Crippen molar-refractivity contribution in [2.45, 2.75) is 20.8 Å². The van der Waals surface area contributed by atoms with Crippen LogP contribution in [0.25, 0.3) is 16.7 Å². The molecule has 20 heavy (non-hydrogen) atoms. The zero-order valence-corrected chi connectivity index (χ0v) is 13.2. The molecule has 3 rings (SSSR count). The van der Waals surface area contributed by atoms with Crippen molar-refractivity contribution < 1.29 is 0 Å². The summed E-state index contributed by atoms with van der Waals surface area (Å²) < 4.78 is 3.23. The lowest BCUT2D eigenvalue weighted by Gasteiger charge is -2.09. The van der Waals surface area contributed by atoms with Gasteiger partial charge < -0.3 is 5.73 Å². The average Bonchev–Trinajstić information content (AvgIpc) is 2.67. The van der Waals surface area contributed by atoms with Crippen LogP contribution in [0.5, 0.6) is 0 Å². The lowest BCUT2D eigenvalue weighted by atomic mass is 10.2. The van der Waals surface area contributed by atoms with Gasteiger partial charge in [-0.3, -0.25) is 4.57 Å². The van der Waals surface area contributed by atoms with Crippen LogP contribution >= 0.6 is 15.9 Å². The molecule has 0 radical (unpaired) electrons. The predicted molar refractivity (Wildman–Crippen MR) is 85.2 cm³/mol. The molecule has 0 aliphatic rings. The molecule has 102 valence electrons. The third-order valence-electron chi connectivity index (χ3n) is 3.72. The molecule has 0 unspecified atom stereocenters. The molecule has 2 N–H and O–H groups in total. The highest BCUT2D eigenvalue weighted by molar-refractivity contribution is 9.10. The summed E-state index contributed by atoms with van der Waals surface area (Å²) in [5.41, 5.74) is 11.4. The minimum absolute atomic E-state index is 0.531. The molecule has 4 nitrogen and oxygen atoms in total. The zero-order valence-electron chi connectivity index (χ0n) is 11.6. The summed E-state index contributed by atoms with van der Waals surface area (Å²) in [7, 11) is 0. The molecule has 0 saturated carbocycles. The minimum atomic E-state index is 0.531. The van der Waals surface area contributed by atoms with Crippen molar-refractivity contribution in [3.8, 4) is 5.69 Å². The van der Waals surface area contributed by atoms with Crippen molar-refractivity contribution in [1.82, 2.24) is 14.5 Å². The van der Waals surface area contributed by atoms with Gasteiger partial charge in [0.25, 0.3) is 0 Å². The number of rotatable bonds is 1. The number of nitrogen functional groups attached to an aromatic ring is 1. The number of fused-ring (bicyclic) bond motifs is 1. The SMILES string of the molecule is Cc1cc(-n2c(C)c(C)c3c(N)ncnc32)ccc1Br. The van der Waals surface area contributed by atoms with Gasteiger partial charge in [-0.15, -0.1) is 0 Å². The predicted octanol–water partition coefficient (Wildman–Crippen LogP) is 3.69. The number of halogens is 1. The Bertz CT molecular complexity index is 820. The highest BCUT2D eigenvalue weighted by atomic mass is 79.9. The number of hydrogen-bond acceptors (Lipinski definition) is 3. The Kier molecular flexibility index (Phi) is 3.01. The summed E-state index contributed by atoms with van der Waals surface area (Å²) in [4.78, 5) is 8.51. The van der Waals surface area contributed by atoms with Gasteiger partial charge in [0.2, 0.25) is 0 Å². The molecule has 5 heteroatoms. The van der Waals surface area contributed by atoms with Gasteiger partial charge in [-0.2, -0.15) is 0 Å². The summed E-state index contributed by atoms with van der Waals surface area (Å²) in [5, 5.41) is 0.936. The molecule has 0 saturated heterocycles. The van der Waals surface area contributed by atoms with E-state index in [1.165, 1.54) is 11.9 Å². The Morgan fingerprint density at radius 3 is 2.60 bits per heavy atom. The van der Waals surface area contributed by atoms with Crippen LogP contribution in [0, 0.1) is 20.8 Å². The third kappa shape index (κ3) is 1.81. The van der Waals surface area contributed by atoms with Crippen LogP contribution in [-0.4, -0.2) is 14.5 Å². The van der Waals surface area contributed by atoms with Crippen molar-refractivity contribution in [1.29, 1.82) is 0 Å². The van der Waals surface area contributed by atoms with Crippen LogP contribution < -0.4 is 5.73 Å². The van der Waals surface area contributed by atoms with Gasteiger partial charge in [0.05, 0.1) is 5.39 Å². The fourth-order valence-electron chi connectivity index (χ4n) is 2.51. The van der Waals surface area contributed by atoms with Crippen molar-refractivity contribution in [2.24, 2.45) is 0 Å². The molecule has 2 aromatic heterocycles. The molecule has 2 heterocycles. The molecular weight excluding hydrogens is 316 g/mol. The number of benzene rings is 1. The highest BCUT2D eigenvalue weighted by Gasteiger charge is 2.16. The van der Waals surface area contributed by atoms with E-state index >= 15 is 0 Å². The number of anilines is 1. The summed E-state index contributed by atoms with van der Waals surface area (Å²) in [6.07, 6.45) is 1.51. The van der Waals surface area contributed by atoms with Gasteiger partial charge in [0.1, 0.15) is 12.1 Å². The van der Waals surface area contributed by atoms with Crippen molar-refractivity contribution in [3.05, 3.63) is 45.8 Å². The first-order valence-corrected chi connectivity index (χ1v) is 7.14. The van der Waals surface area contributed by atoms with E-state index in [1.807, 2.05) is 0 Å². The standard InChI is InChI=1S/C15H15BrN4/c1-8-6-11(4-5-12(8)16)20-10(3)9(2)13-14(17)18-7-19-15(13)20/h4-7H,1-3H3,(H2,17,18,19). The van der Waals surface area contributed by atoms with E-state index < -0.39 is 0 Å². The molecule has 3 aromatic rings. The van der Waals surface area contributed by atoms with E-state index in [9.17, 15) is 0 Å². The minimum Gasteiger partial charge on any atom is -0.383 e. The van der Waals surface area contributed by atoms with Crippen LogP contribution in [0.3, 0.4) is 0 Å². The third-order valence-corrected chi connectivity index (χ3v) is 4.61. The highest BCUT2D eigenvalue weighted by Crippen LogP contribution is 2.30. The second-order valence-electron chi connectivity index (χ2n) is 4.94. The van der Waals surface area contributed by atoms with E-state index in [0.29, 0.717) is 5.82 Å². The molecule has 1 aromatic carbocycles. The fourth-order valence-corrected chi connectivity index (χ4v) is 2.76. The van der Waals surface area contributed by atoms with E-state index in [2.05, 4.69) is 69.4 Å². The Labute approximate surface area is 125 Å². The van der Waals surface area contributed by atoms with Crippen LogP contribution in [0.2, 0.25) is 0 Å². The van der Waals surface area contributed by atoms with Crippen LogP contribution in [0.1, 0.15) is 16.8 Å². The number of nitrogens with two attached hydrogens (primary N) is 1. The number of hydrogen-bond donors (Lipinski definition) is 1. The first kappa shape index (κ1) is 13.1. The van der Waals surface area contributed by atoms with Crippen LogP contribution in [-0.2, 0) is 0 Å².